The SMILES string of the molecule is CCn1nccc1C(=O)N[C@H](C(=O)Nc1cnc(-c2c(C)n[nH]c2C)c(C)c1)C(C1CC1)C1CC1. The van der Waals surface area contributed by atoms with Crippen LogP contribution in [0.3, 0.4) is 0 Å². The van der Waals surface area contributed by atoms with E-state index in [-0.39, 0.29) is 17.7 Å². The Bertz CT molecular complexity index is 1220. The van der Waals surface area contributed by atoms with Crippen molar-refractivity contribution in [1.29, 1.82) is 0 Å². The third-order valence-electron chi connectivity index (χ3n) is 7.25. The molecule has 0 spiro atoms. The summed E-state index contributed by atoms with van der Waals surface area (Å²) in [5.74, 6) is 0.690. The van der Waals surface area contributed by atoms with Gasteiger partial charge in [-0.05, 0) is 88.8 Å². The fourth-order valence-corrected chi connectivity index (χ4v) is 5.25. The topological polar surface area (TPSA) is 118 Å². The standard InChI is InChI=1S/C26H33N7O2/c1-5-33-20(10-11-28-33)25(34)30-24(22(17-6-7-17)18-8-9-18)26(35)29-19-12-14(2)23(27-13-19)21-15(3)31-32-16(21)4/h10-13,17-18,22,24H,5-9H2,1-4H3,(H,29,35)(H,30,34)(H,31,32)/t24-/m0/s1. The van der Waals surface area contributed by atoms with E-state index < -0.39 is 6.04 Å². The minimum absolute atomic E-state index is 0.154. The van der Waals surface area contributed by atoms with E-state index in [0.717, 1.165) is 53.9 Å². The Morgan fingerprint density at radius 1 is 1.17 bits per heavy atom. The number of hydrogen-bond donors (Lipinski definition) is 3. The molecule has 9 heteroatoms. The summed E-state index contributed by atoms with van der Waals surface area (Å²) in [7, 11) is 0. The van der Waals surface area contributed by atoms with Crippen molar-refractivity contribution in [1.82, 2.24) is 30.3 Å². The van der Waals surface area contributed by atoms with Crippen LogP contribution in [0.25, 0.3) is 11.3 Å². The van der Waals surface area contributed by atoms with Crippen molar-refractivity contribution in [2.24, 2.45) is 17.8 Å². The lowest BCUT2D eigenvalue weighted by Crippen LogP contribution is -2.50. The van der Waals surface area contributed by atoms with Gasteiger partial charge in [0.1, 0.15) is 11.7 Å². The Balaban J connectivity index is 1.38. The summed E-state index contributed by atoms with van der Waals surface area (Å²) < 4.78 is 1.65. The van der Waals surface area contributed by atoms with Crippen LogP contribution in [0.5, 0.6) is 0 Å². The van der Waals surface area contributed by atoms with Crippen LogP contribution in [0, 0.1) is 38.5 Å². The monoisotopic (exact) mass is 475 g/mol. The Morgan fingerprint density at radius 3 is 2.46 bits per heavy atom. The van der Waals surface area contributed by atoms with Gasteiger partial charge in [0.05, 0.1) is 23.3 Å². The number of carbonyl (C=O) groups is 2. The van der Waals surface area contributed by atoms with Gasteiger partial charge in [0.15, 0.2) is 0 Å². The number of nitrogens with zero attached hydrogens (tertiary/aromatic N) is 4. The molecule has 2 amide bonds. The first-order valence-electron chi connectivity index (χ1n) is 12.5. The summed E-state index contributed by atoms with van der Waals surface area (Å²) >= 11 is 0. The summed E-state index contributed by atoms with van der Waals surface area (Å²) in [6, 6.07) is 3.03. The third kappa shape index (κ3) is 4.72. The van der Waals surface area contributed by atoms with Gasteiger partial charge >= 0.3 is 0 Å². The molecule has 5 rings (SSSR count). The molecule has 3 aromatic rings. The molecule has 0 radical (unpaired) electrons. The highest BCUT2D eigenvalue weighted by atomic mass is 16.2. The fourth-order valence-electron chi connectivity index (χ4n) is 5.25. The van der Waals surface area contributed by atoms with Crippen molar-refractivity contribution in [3.63, 3.8) is 0 Å². The van der Waals surface area contributed by atoms with Crippen LogP contribution in [-0.2, 0) is 11.3 Å². The van der Waals surface area contributed by atoms with E-state index in [1.54, 1.807) is 23.1 Å². The van der Waals surface area contributed by atoms with Crippen LogP contribution in [0.15, 0.2) is 24.5 Å². The Kier molecular flexibility index (Phi) is 6.17. The van der Waals surface area contributed by atoms with Gasteiger partial charge in [-0.2, -0.15) is 10.2 Å². The zero-order valence-corrected chi connectivity index (χ0v) is 20.8. The number of aryl methyl sites for hydroxylation is 4. The molecule has 0 saturated heterocycles. The van der Waals surface area contributed by atoms with E-state index in [2.05, 4.69) is 30.9 Å². The average molecular weight is 476 g/mol. The number of nitrogens with one attached hydrogen (secondary N) is 3. The quantitative estimate of drug-likeness (QED) is 0.435. The van der Waals surface area contributed by atoms with Crippen molar-refractivity contribution in [2.45, 2.75) is 66.0 Å². The normalized spacial score (nSPS) is 16.4. The number of rotatable bonds is 9. The van der Waals surface area contributed by atoms with Gasteiger partial charge in [-0.1, -0.05) is 0 Å². The lowest BCUT2D eigenvalue weighted by molar-refractivity contribution is -0.119. The summed E-state index contributed by atoms with van der Waals surface area (Å²) in [4.78, 5) is 31.4. The molecule has 0 aromatic carbocycles. The molecular formula is C26H33N7O2. The highest BCUT2D eigenvalue weighted by molar-refractivity contribution is 6.00. The number of amides is 2. The smallest absolute Gasteiger partial charge is 0.270 e. The number of hydrogen-bond acceptors (Lipinski definition) is 5. The second-order valence-electron chi connectivity index (χ2n) is 9.92. The summed E-state index contributed by atoms with van der Waals surface area (Å²) in [5.41, 5.74) is 5.73. The number of anilines is 1. The Morgan fingerprint density at radius 2 is 1.89 bits per heavy atom. The molecule has 1 atom stereocenters. The molecule has 2 saturated carbocycles. The molecule has 3 N–H and O–H groups in total. The van der Waals surface area contributed by atoms with E-state index in [9.17, 15) is 9.59 Å². The predicted molar refractivity (Wildman–Crippen MR) is 133 cm³/mol. The van der Waals surface area contributed by atoms with E-state index in [1.165, 1.54) is 0 Å². The number of aromatic amines is 1. The van der Waals surface area contributed by atoms with Crippen LogP contribution in [0.1, 0.15) is 60.0 Å². The largest absolute Gasteiger partial charge is 0.339 e. The van der Waals surface area contributed by atoms with Crippen molar-refractivity contribution in [3.8, 4) is 11.3 Å². The Labute approximate surface area is 205 Å². The first kappa shape index (κ1) is 23.3. The van der Waals surface area contributed by atoms with E-state index in [4.69, 9.17) is 0 Å². The number of aromatic nitrogens is 5. The molecular weight excluding hydrogens is 442 g/mol. The number of H-pyrrole nitrogens is 1. The molecule has 0 bridgehead atoms. The number of carbonyl (C=O) groups excluding carboxylic acids is 2. The molecule has 0 aliphatic heterocycles. The first-order chi connectivity index (χ1) is 16.9. The zero-order chi connectivity index (χ0) is 24.7. The number of pyridine rings is 1. The highest BCUT2D eigenvalue weighted by Crippen LogP contribution is 2.51. The van der Waals surface area contributed by atoms with Crippen LogP contribution in [0.4, 0.5) is 5.69 Å². The maximum Gasteiger partial charge on any atom is 0.270 e. The van der Waals surface area contributed by atoms with Gasteiger partial charge in [0.2, 0.25) is 5.91 Å². The maximum atomic E-state index is 13.6. The van der Waals surface area contributed by atoms with Crippen molar-refractivity contribution in [2.75, 3.05) is 5.32 Å². The molecule has 35 heavy (non-hydrogen) atoms. The first-order valence-corrected chi connectivity index (χ1v) is 12.5. The van der Waals surface area contributed by atoms with Gasteiger partial charge in [-0.15, -0.1) is 0 Å². The second-order valence-corrected chi connectivity index (χ2v) is 9.92. The summed E-state index contributed by atoms with van der Waals surface area (Å²) in [6.07, 6.45) is 7.77. The Hall–Kier alpha value is -3.49. The van der Waals surface area contributed by atoms with Gasteiger partial charge < -0.3 is 10.6 Å². The molecule has 3 heterocycles. The molecule has 0 unspecified atom stereocenters. The van der Waals surface area contributed by atoms with E-state index >= 15 is 0 Å². The molecule has 3 aromatic heterocycles. The van der Waals surface area contributed by atoms with Crippen LogP contribution in [-0.4, -0.2) is 42.8 Å². The average Bonchev–Trinajstić information content (AvgIpc) is 3.76. The third-order valence-corrected chi connectivity index (χ3v) is 7.25. The lowest BCUT2D eigenvalue weighted by atomic mass is 9.88. The second kappa shape index (κ2) is 9.28. The maximum absolute atomic E-state index is 13.6. The minimum Gasteiger partial charge on any atom is -0.339 e. The van der Waals surface area contributed by atoms with Crippen molar-refractivity contribution < 1.29 is 9.59 Å². The molecule has 9 nitrogen and oxygen atoms in total. The predicted octanol–water partition coefficient (Wildman–Crippen LogP) is 3.79. The van der Waals surface area contributed by atoms with Crippen LogP contribution < -0.4 is 10.6 Å². The molecule has 2 aliphatic carbocycles. The van der Waals surface area contributed by atoms with Crippen LogP contribution in [0.2, 0.25) is 0 Å². The zero-order valence-electron chi connectivity index (χ0n) is 20.8. The summed E-state index contributed by atoms with van der Waals surface area (Å²) in [6.45, 7) is 8.43. The van der Waals surface area contributed by atoms with Gasteiger partial charge in [-0.3, -0.25) is 24.4 Å². The van der Waals surface area contributed by atoms with Gasteiger partial charge in [0, 0.05) is 24.0 Å². The summed E-state index contributed by atoms with van der Waals surface area (Å²) in [5, 5.41) is 17.6. The molecule has 2 aliphatic rings. The van der Waals surface area contributed by atoms with Crippen molar-refractivity contribution >= 4 is 17.5 Å². The molecule has 2 fully saturated rings. The molecule has 184 valence electrons. The van der Waals surface area contributed by atoms with Crippen molar-refractivity contribution in [3.05, 3.63) is 47.2 Å². The van der Waals surface area contributed by atoms with E-state index in [1.807, 2.05) is 33.8 Å². The minimum atomic E-state index is -0.596. The van der Waals surface area contributed by atoms with Gasteiger partial charge in [-0.25, -0.2) is 0 Å². The van der Waals surface area contributed by atoms with Gasteiger partial charge in [0.25, 0.3) is 5.91 Å². The fraction of sp³-hybridized carbons (Fsp3) is 0.500. The highest BCUT2D eigenvalue weighted by Gasteiger charge is 2.48. The lowest BCUT2D eigenvalue weighted by Gasteiger charge is -2.27. The van der Waals surface area contributed by atoms with Crippen LogP contribution >= 0.6 is 0 Å². The van der Waals surface area contributed by atoms with E-state index in [0.29, 0.717) is 29.8 Å².